The Balaban J connectivity index is 3.28. The van der Waals surface area contributed by atoms with Crippen LogP contribution < -0.4 is 10.6 Å². The van der Waals surface area contributed by atoms with Crippen LogP contribution in [0.4, 0.5) is 0 Å². The first kappa shape index (κ1) is 14.6. The Bertz CT molecular complexity index is 208. The molecule has 4 nitrogen and oxygen atoms in total. The minimum atomic E-state index is -0.730. The molecule has 0 fully saturated rings. The third-order valence-corrected chi connectivity index (χ3v) is 2.64. The lowest BCUT2D eigenvalue weighted by molar-refractivity contribution is -0.120. The Morgan fingerprint density at radius 1 is 1.40 bits per heavy atom. The highest BCUT2D eigenvalue weighted by atomic mass is 32.2. The van der Waals surface area contributed by atoms with E-state index in [4.69, 9.17) is 0 Å². The molecular formula is C10H22N2O2S. The van der Waals surface area contributed by atoms with Gasteiger partial charge < -0.3 is 10.6 Å². The van der Waals surface area contributed by atoms with Crippen molar-refractivity contribution in [2.75, 3.05) is 31.6 Å². The number of hydrogen-bond acceptors (Lipinski definition) is 3. The van der Waals surface area contributed by atoms with Crippen LogP contribution in [0.5, 0.6) is 0 Å². The monoisotopic (exact) mass is 234 g/mol. The Morgan fingerprint density at radius 3 is 2.60 bits per heavy atom. The van der Waals surface area contributed by atoms with Crippen molar-refractivity contribution in [3.63, 3.8) is 0 Å². The fourth-order valence-electron chi connectivity index (χ4n) is 0.983. The molecule has 0 heterocycles. The summed E-state index contributed by atoms with van der Waals surface area (Å²) in [6.45, 7) is 5.94. The molecule has 0 aliphatic carbocycles. The van der Waals surface area contributed by atoms with Crippen LogP contribution in [0.3, 0.4) is 0 Å². The molecule has 2 N–H and O–H groups in total. The second-order valence-electron chi connectivity index (χ2n) is 4.01. The highest BCUT2D eigenvalue weighted by Gasteiger charge is 2.01. The molecule has 0 bridgehead atoms. The van der Waals surface area contributed by atoms with Crippen LogP contribution in [-0.2, 0) is 15.6 Å². The van der Waals surface area contributed by atoms with Gasteiger partial charge in [-0.2, -0.15) is 0 Å². The van der Waals surface area contributed by atoms with Crippen molar-refractivity contribution in [1.29, 1.82) is 0 Å². The highest BCUT2D eigenvalue weighted by molar-refractivity contribution is 7.84. The molecule has 0 aliphatic heterocycles. The lowest BCUT2D eigenvalue weighted by atomic mass is 10.2. The van der Waals surface area contributed by atoms with Gasteiger partial charge in [0.25, 0.3) is 0 Å². The van der Waals surface area contributed by atoms with Crippen LogP contribution in [-0.4, -0.2) is 41.8 Å². The van der Waals surface area contributed by atoms with Crippen LogP contribution in [0, 0.1) is 5.92 Å². The maximum atomic E-state index is 11.2. The van der Waals surface area contributed by atoms with Gasteiger partial charge >= 0.3 is 0 Å². The molecule has 0 rings (SSSR count). The van der Waals surface area contributed by atoms with Crippen molar-refractivity contribution >= 4 is 16.7 Å². The molecule has 0 saturated carbocycles. The van der Waals surface area contributed by atoms with Crippen molar-refractivity contribution < 1.29 is 9.00 Å². The zero-order valence-corrected chi connectivity index (χ0v) is 10.7. The van der Waals surface area contributed by atoms with Gasteiger partial charge in [0.05, 0.1) is 6.54 Å². The van der Waals surface area contributed by atoms with E-state index in [1.165, 1.54) is 0 Å². The minimum Gasteiger partial charge on any atom is -0.355 e. The summed E-state index contributed by atoms with van der Waals surface area (Å²) in [6, 6.07) is 0. The summed E-state index contributed by atoms with van der Waals surface area (Å²) in [5, 5.41) is 5.84. The van der Waals surface area contributed by atoms with E-state index in [0.717, 1.165) is 19.5 Å². The molecule has 0 radical (unpaired) electrons. The van der Waals surface area contributed by atoms with E-state index in [9.17, 15) is 9.00 Å². The smallest absolute Gasteiger partial charge is 0.233 e. The molecule has 0 aromatic rings. The molecule has 0 saturated heterocycles. The van der Waals surface area contributed by atoms with Crippen molar-refractivity contribution in [3.8, 4) is 0 Å². The van der Waals surface area contributed by atoms with E-state index in [1.807, 2.05) is 0 Å². The van der Waals surface area contributed by atoms with E-state index >= 15 is 0 Å². The van der Waals surface area contributed by atoms with Crippen molar-refractivity contribution in [3.05, 3.63) is 0 Å². The first-order valence-corrected chi connectivity index (χ1v) is 7.02. The molecule has 90 valence electrons. The van der Waals surface area contributed by atoms with Crippen LogP contribution in [0.15, 0.2) is 0 Å². The van der Waals surface area contributed by atoms with Gasteiger partial charge in [0.2, 0.25) is 5.91 Å². The molecule has 0 aliphatic rings. The van der Waals surface area contributed by atoms with Gasteiger partial charge in [-0.25, -0.2) is 0 Å². The van der Waals surface area contributed by atoms with Crippen molar-refractivity contribution in [2.45, 2.75) is 20.3 Å². The van der Waals surface area contributed by atoms with Crippen molar-refractivity contribution in [2.24, 2.45) is 5.92 Å². The predicted octanol–water partition coefficient (Wildman–Crippen LogP) is 0.117. The van der Waals surface area contributed by atoms with Gasteiger partial charge in [0.1, 0.15) is 0 Å². The van der Waals surface area contributed by atoms with E-state index < -0.39 is 10.8 Å². The Labute approximate surface area is 94.7 Å². The standard InChI is InChI=1S/C10H22N2O2S/c1-9(2)7-12-10(13)8-11-5-4-6-15(3)14/h9,11H,4-8H2,1-3H3,(H,12,13). The van der Waals surface area contributed by atoms with E-state index in [1.54, 1.807) is 6.26 Å². The second kappa shape index (κ2) is 8.85. The average molecular weight is 234 g/mol. The van der Waals surface area contributed by atoms with E-state index in [0.29, 0.717) is 18.2 Å². The largest absolute Gasteiger partial charge is 0.355 e. The minimum absolute atomic E-state index is 0.0290. The normalized spacial score (nSPS) is 12.8. The molecule has 0 aromatic carbocycles. The highest BCUT2D eigenvalue weighted by Crippen LogP contribution is 1.86. The first-order valence-electron chi connectivity index (χ1n) is 5.29. The quantitative estimate of drug-likeness (QED) is 0.586. The Kier molecular flexibility index (Phi) is 8.61. The lowest BCUT2D eigenvalue weighted by Gasteiger charge is -2.08. The topological polar surface area (TPSA) is 58.2 Å². The molecule has 15 heavy (non-hydrogen) atoms. The van der Waals surface area contributed by atoms with E-state index in [2.05, 4.69) is 24.5 Å². The molecule has 0 spiro atoms. The maximum absolute atomic E-state index is 11.2. The fourth-order valence-corrected chi connectivity index (χ4v) is 1.53. The summed E-state index contributed by atoms with van der Waals surface area (Å²) < 4.78 is 10.7. The summed E-state index contributed by atoms with van der Waals surface area (Å²) in [6.07, 6.45) is 2.54. The zero-order chi connectivity index (χ0) is 11.7. The summed E-state index contributed by atoms with van der Waals surface area (Å²) in [5.74, 6) is 1.21. The summed E-state index contributed by atoms with van der Waals surface area (Å²) in [7, 11) is -0.730. The first-order chi connectivity index (χ1) is 7.02. The number of carbonyl (C=O) groups excluding carboxylic acids is 1. The number of amides is 1. The van der Waals surface area contributed by atoms with Gasteiger partial charge in [0.15, 0.2) is 0 Å². The molecule has 1 amide bonds. The summed E-state index contributed by atoms with van der Waals surface area (Å²) in [5.41, 5.74) is 0. The summed E-state index contributed by atoms with van der Waals surface area (Å²) in [4.78, 5) is 11.2. The molecular weight excluding hydrogens is 212 g/mol. The average Bonchev–Trinajstić information content (AvgIpc) is 2.13. The Hall–Kier alpha value is -0.420. The zero-order valence-electron chi connectivity index (χ0n) is 9.84. The second-order valence-corrected chi connectivity index (χ2v) is 5.56. The number of nitrogens with one attached hydrogen (secondary N) is 2. The van der Waals surface area contributed by atoms with Crippen LogP contribution >= 0.6 is 0 Å². The molecule has 1 unspecified atom stereocenters. The third-order valence-electron chi connectivity index (χ3n) is 1.78. The van der Waals surface area contributed by atoms with Gasteiger partial charge in [-0.15, -0.1) is 0 Å². The SMILES string of the molecule is CC(C)CNC(=O)CNCCCS(C)=O. The Morgan fingerprint density at radius 2 is 2.07 bits per heavy atom. The third kappa shape index (κ3) is 11.5. The van der Waals surface area contributed by atoms with Gasteiger partial charge in [-0.05, 0) is 18.9 Å². The molecule has 1 atom stereocenters. The summed E-state index contributed by atoms with van der Waals surface area (Å²) >= 11 is 0. The predicted molar refractivity (Wildman–Crippen MR) is 64.3 cm³/mol. The van der Waals surface area contributed by atoms with Gasteiger partial charge in [-0.1, -0.05) is 13.8 Å². The number of hydrogen-bond donors (Lipinski definition) is 2. The lowest BCUT2D eigenvalue weighted by Crippen LogP contribution is -2.36. The number of carbonyl (C=O) groups is 1. The van der Waals surface area contributed by atoms with Crippen molar-refractivity contribution in [1.82, 2.24) is 10.6 Å². The van der Waals surface area contributed by atoms with Crippen LogP contribution in [0.1, 0.15) is 20.3 Å². The van der Waals surface area contributed by atoms with Gasteiger partial charge in [0, 0.05) is 29.4 Å². The molecule has 0 aromatic heterocycles. The van der Waals surface area contributed by atoms with Crippen LogP contribution in [0.2, 0.25) is 0 Å². The molecule has 5 heteroatoms. The fraction of sp³-hybridized carbons (Fsp3) is 0.900. The maximum Gasteiger partial charge on any atom is 0.233 e. The number of rotatable bonds is 8. The van der Waals surface area contributed by atoms with Crippen LogP contribution in [0.25, 0.3) is 0 Å². The van der Waals surface area contributed by atoms with Gasteiger partial charge in [-0.3, -0.25) is 9.00 Å². The van der Waals surface area contributed by atoms with E-state index in [-0.39, 0.29) is 5.91 Å².